The zero-order valence-electron chi connectivity index (χ0n) is 12.5. The molecule has 0 fully saturated rings. The van der Waals surface area contributed by atoms with E-state index in [1.165, 1.54) is 44.2 Å². The number of fused-ring (bicyclic) bond motifs is 5. The maximum Gasteiger partial charge on any atom is 0.00738 e. The lowest BCUT2D eigenvalue weighted by molar-refractivity contribution is 0.955. The van der Waals surface area contributed by atoms with E-state index in [1.807, 2.05) is 6.08 Å². The van der Waals surface area contributed by atoms with Crippen LogP contribution in [0.2, 0.25) is 0 Å². The standard InChI is InChI=1S/C21H18/c1-4-15-9-10-18-19(12-15)14(3)20-11-13(2)16-7-5-6-8-17(16)21(18)20/h4-12,14H,1H2,2-3H3. The highest BCUT2D eigenvalue weighted by atomic mass is 14.3. The first kappa shape index (κ1) is 12.4. The Balaban J connectivity index is 2.13. The zero-order valence-corrected chi connectivity index (χ0v) is 12.5. The Labute approximate surface area is 125 Å². The molecule has 0 aromatic heterocycles. The SMILES string of the molecule is C=Cc1ccc2c(c1)C(C)c1cc(C)c3ccccc3c1-2. The van der Waals surface area contributed by atoms with Gasteiger partial charge in [-0.15, -0.1) is 0 Å². The first-order valence-electron chi connectivity index (χ1n) is 7.49. The van der Waals surface area contributed by atoms with Gasteiger partial charge >= 0.3 is 0 Å². The molecule has 0 spiro atoms. The van der Waals surface area contributed by atoms with E-state index in [4.69, 9.17) is 0 Å². The smallest absolute Gasteiger partial charge is 0.00738 e. The molecule has 1 atom stereocenters. The summed E-state index contributed by atoms with van der Waals surface area (Å²) < 4.78 is 0. The highest BCUT2D eigenvalue weighted by Crippen LogP contribution is 2.48. The van der Waals surface area contributed by atoms with Crippen molar-refractivity contribution in [2.24, 2.45) is 0 Å². The molecule has 0 amide bonds. The molecule has 1 unspecified atom stereocenters. The van der Waals surface area contributed by atoms with Gasteiger partial charge in [-0.3, -0.25) is 0 Å². The second-order valence-corrected chi connectivity index (χ2v) is 5.98. The average Bonchev–Trinajstić information content (AvgIpc) is 2.80. The van der Waals surface area contributed by atoms with Crippen LogP contribution in [0.5, 0.6) is 0 Å². The Hall–Kier alpha value is -2.34. The van der Waals surface area contributed by atoms with E-state index < -0.39 is 0 Å². The molecule has 0 radical (unpaired) electrons. The molecule has 3 aromatic rings. The van der Waals surface area contributed by atoms with Crippen LogP contribution in [0.25, 0.3) is 28.0 Å². The van der Waals surface area contributed by atoms with Crippen molar-refractivity contribution in [1.82, 2.24) is 0 Å². The van der Waals surface area contributed by atoms with Crippen LogP contribution in [0.3, 0.4) is 0 Å². The fraction of sp³-hybridized carbons (Fsp3) is 0.143. The third-order valence-electron chi connectivity index (χ3n) is 4.80. The maximum atomic E-state index is 3.89. The van der Waals surface area contributed by atoms with Gasteiger partial charge in [0.05, 0.1) is 0 Å². The van der Waals surface area contributed by atoms with Gasteiger partial charge in [-0.05, 0) is 51.1 Å². The molecular weight excluding hydrogens is 252 g/mol. The van der Waals surface area contributed by atoms with Crippen molar-refractivity contribution in [3.05, 3.63) is 77.4 Å². The molecule has 102 valence electrons. The summed E-state index contributed by atoms with van der Waals surface area (Å²) in [5.41, 5.74) is 8.27. The molecule has 1 aliphatic carbocycles. The molecule has 0 N–H and O–H groups in total. The van der Waals surface area contributed by atoms with Gasteiger partial charge in [0, 0.05) is 5.92 Å². The monoisotopic (exact) mass is 270 g/mol. The third-order valence-corrected chi connectivity index (χ3v) is 4.80. The molecule has 0 heteroatoms. The predicted octanol–water partition coefficient (Wildman–Crippen LogP) is 5.92. The summed E-state index contributed by atoms with van der Waals surface area (Å²) in [5.74, 6) is 0.457. The van der Waals surface area contributed by atoms with Gasteiger partial charge in [0.2, 0.25) is 0 Å². The van der Waals surface area contributed by atoms with Crippen molar-refractivity contribution in [2.45, 2.75) is 19.8 Å². The molecule has 0 aliphatic heterocycles. The second-order valence-electron chi connectivity index (χ2n) is 5.98. The third kappa shape index (κ3) is 1.62. The van der Waals surface area contributed by atoms with Gasteiger partial charge in [-0.1, -0.05) is 68.1 Å². The lowest BCUT2D eigenvalue weighted by Gasteiger charge is -2.11. The first-order valence-corrected chi connectivity index (χ1v) is 7.49. The number of benzene rings is 3. The van der Waals surface area contributed by atoms with Crippen molar-refractivity contribution < 1.29 is 0 Å². The average molecular weight is 270 g/mol. The summed E-state index contributed by atoms with van der Waals surface area (Å²) in [6.45, 7) is 8.42. The predicted molar refractivity (Wildman–Crippen MR) is 91.7 cm³/mol. The van der Waals surface area contributed by atoms with Crippen LogP contribution in [0.15, 0.2) is 55.1 Å². The van der Waals surface area contributed by atoms with Crippen LogP contribution in [0.1, 0.15) is 35.1 Å². The Bertz CT molecular complexity index is 884. The maximum absolute atomic E-state index is 3.89. The molecule has 21 heavy (non-hydrogen) atoms. The number of hydrogen-bond donors (Lipinski definition) is 0. The van der Waals surface area contributed by atoms with Crippen molar-refractivity contribution in [3.63, 3.8) is 0 Å². The Kier molecular flexibility index (Phi) is 2.56. The van der Waals surface area contributed by atoms with Crippen LogP contribution >= 0.6 is 0 Å². The van der Waals surface area contributed by atoms with Crippen LogP contribution < -0.4 is 0 Å². The molecule has 1 aliphatic rings. The van der Waals surface area contributed by atoms with E-state index in [9.17, 15) is 0 Å². The van der Waals surface area contributed by atoms with Gasteiger partial charge in [0.1, 0.15) is 0 Å². The quantitative estimate of drug-likeness (QED) is 0.514. The van der Waals surface area contributed by atoms with E-state index in [-0.39, 0.29) is 0 Å². The second kappa shape index (κ2) is 4.33. The minimum Gasteiger partial charge on any atom is -0.0985 e. The minimum absolute atomic E-state index is 0.457. The summed E-state index contributed by atoms with van der Waals surface area (Å²) >= 11 is 0. The Morgan fingerprint density at radius 1 is 0.952 bits per heavy atom. The minimum atomic E-state index is 0.457. The van der Waals surface area contributed by atoms with E-state index in [0.717, 1.165) is 0 Å². The van der Waals surface area contributed by atoms with Crippen molar-refractivity contribution in [1.29, 1.82) is 0 Å². The van der Waals surface area contributed by atoms with Gasteiger partial charge in [0.15, 0.2) is 0 Å². The first-order chi connectivity index (χ1) is 10.2. The van der Waals surface area contributed by atoms with Crippen molar-refractivity contribution in [3.8, 4) is 11.1 Å². The Morgan fingerprint density at radius 3 is 2.48 bits per heavy atom. The highest BCUT2D eigenvalue weighted by Gasteiger charge is 2.27. The number of hydrogen-bond acceptors (Lipinski definition) is 0. The largest absolute Gasteiger partial charge is 0.0985 e. The summed E-state index contributed by atoms with van der Waals surface area (Å²) in [5, 5.41) is 2.74. The molecule has 0 saturated carbocycles. The molecule has 4 rings (SSSR count). The Morgan fingerprint density at radius 2 is 1.71 bits per heavy atom. The summed E-state index contributed by atoms with van der Waals surface area (Å²) in [6.07, 6.45) is 1.93. The summed E-state index contributed by atoms with van der Waals surface area (Å²) in [7, 11) is 0. The van der Waals surface area contributed by atoms with E-state index in [0.29, 0.717) is 5.92 Å². The zero-order chi connectivity index (χ0) is 14.6. The number of aryl methyl sites for hydroxylation is 1. The van der Waals surface area contributed by atoms with E-state index in [2.05, 4.69) is 69.0 Å². The van der Waals surface area contributed by atoms with Crippen LogP contribution in [0.4, 0.5) is 0 Å². The van der Waals surface area contributed by atoms with Gasteiger partial charge in [0.25, 0.3) is 0 Å². The topological polar surface area (TPSA) is 0 Å². The van der Waals surface area contributed by atoms with E-state index >= 15 is 0 Å². The highest BCUT2D eigenvalue weighted by molar-refractivity contribution is 6.03. The normalized spacial score (nSPS) is 15.8. The fourth-order valence-corrected chi connectivity index (χ4v) is 3.69. The molecule has 0 bridgehead atoms. The molecule has 3 aromatic carbocycles. The van der Waals surface area contributed by atoms with E-state index in [1.54, 1.807) is 0 Å². The summed E-state index contributed by atoms with van der Waals surface area (Å²) in [6, 6.07) is 17.8. The van der Waals surface area contributed by atoms with Crippen molar-refractivity contribution in [2.75, 3.05) is 0 Å². The van der Waals surface area contributed by atoms with Crippen molar-refractivity contribution >= 4 is 16.8 Å². The number of rotatable bonds is 1. The van der Waals surface area contributed by atoms with Gasteiger partial charge in [-0.25, -0.2) is 0 Å². The van der Waals surface area contributed by atoms with Gasteiger partial charge in [-0.2, -0.15) is 0 Å². The molecule has 0 saturated heterocycles. The van der Waals surface area contributed by atoms with Gasteiger partial charge < -0.3 is 0 Å². The lowest BCUT2D eigenvalue weighted by atomic mass is 9.93. The van der Waals surface area contributed by atoms with Crippen LogP contribution in [-0.4, -0.2) is 0 Å². The fourth-order valence-electron chi connectivity index (χ4n) is 3.69. The molecular formula is C21H18. The van der Waals surface area contributed by atoms with Crippen LogP contribution in [-0.2, 0) is 0 Å². The summed E-state index contributed by atoms with van der Waals surface area (Å²) in [4.78, 5) is 0. The molecule has 0 heterocycles. The lowest BCUT2D eigenvalue weighted by Crippen LogP contribution is -1.91. The molecule has 0 nitrogen and oxygen atoms in total. The van der Waals surface area contributed by atoms with Crippen LogP contribution in [0, 0.1) is 6.92 Å².